The third-order valence-electron chi connectivity index (χ3n) is 13.0. The van der Waals surface area contributed by atoms with Crippen molar-refractivity contribution < 1.29 is 0 Å². The van der Waals surface area contributed by atoms with E-state index in [1.54, 1.807) is 36.4 Å². The zero-order valence-electron chi connectivity index (χ0n) is 32.1. The molecule has 0 unspecified atom stereocenters. The zero-order valence-corrected chi connectivity index (χ0v) is 32.1. The number of hydrogen-bond donors (Lipinski definition) is 0. The van der Waals surface area contributed by atoms with E-state index < -0.39 is 22.2 Å². The quantitative estimate of drug-likeness (QED) is 0.114. The van der Waals surface area contributed by atoms with Gasteiger partial charge in [-0.15, -0.1) is 0 Å². The highest BCUT2D eigenvalue weighted by Gasteiger charge is 2.31. The summed E-state index contributed by atoms with van der Waals surface area (Å²) in [6.07, 6.45) is 2.32. The van der Waals surface area contributed by atoms with Crippen molar-refractivity contribution in [1.82, 2.24) is 13.7 Å². The summed E-state index contributed by atoms with van der Waals surface area (Å²) in [5.74, 6) is 0.238. The van der Waals surface area contributed by atoms with E-state index >= 15 is 0 Å². The van der Waals surface area contributed by atoms with Crippen LogP contribution in [0.4, 0.5) is 0 Å². The lowest BCUT2D eigenvalue weighted by atomic mass is 9.81. The number of hydrogen-bond acceptors (Lipinski definition) is 6. The molecule has 0 radical (unpaired) electrons. The minimum absolute atomic E-state index is 0.154. The van der Waals surface area contributed by atoms with Crippen LogP contribution in [0.3, 0.4) is 0 Å². The predicted octanol–water partition coefficient (Wildman–Crippen LogP) is 8.50. The van der Waals surface area contributed by atoms with E-state index in [1.165, 1.54) is 13.7 Å². The predicted molar refractivity (Wildman–Crippen MR) is 229 cm³/mol. The van der Waals surface area contributed by atoms with Crippen LogP contribution in [0.5, 0.6) is 0 Å². The molecule has 0 amide bonds. The molecule has 0 aliphatic carbocycles. The van der Waals surface area contributed by atoms with Gasteiger partial charge in [0.1, 0.15) is 0 Å². The maximum atomic E-state index is 15.0. The Balaban J connectivity index is 1.54. The molecule has 3 heterocycles. The number of pyridine rings is 2. The molecule has 0 bridgehead atoms. The molecule has 9 nitrogen and oxygen atoms in total. The van der Waals surface area contributed by atoms with Gasteiger partial charge in [-0.25, -0.2) is 4.57 Å². The molecule has 0 atom stereocenters. The van der Waals surface area contributed by atoms with Crippen molar-refractivity contribution >= 4 is 86.2 Å². The van der Waals surface area contributed by atoms with Crippen molar-refractivity contribution in [3.63, 3.8) is 0 Å². The first-order chi connectivity index (χ1) is 27.0. The van der Waals surface area contributed by atoms with Gasteiger partial charge in [0.15, 0.2) is 0 Å². The second kappa shape index (κ2) is 11.6. The highest BCUT2D eigenvalue weighted by molar-refractivity contribution is 6.48. The molecular formula is C47H39N3O6. The SMILES string of the molecule is CCC(CC)n1c(=O)c2ccc3c4ccc5c(=O)n(C(CC)CC)c(=O)c6cc7c8c(=O)n(-c9ccc(C(C)C)cc9)c(=O)c8c8cc(c1=O)c2c3c8c7c4c56. The summed E-state index contributed by atoms with van der Waals surface area (Å²) in [5, 5.41) is 7.60. The lowest BCUT2D eigenvalue weighted by Gasteiger charge is -2.23. The van der Waals surface area contributed by atoms with Crippen LogP contribution in [0.25, 0.3) is 91.9 Å². The smallest absolute Gasteiger partial charge is 0.266 e. The van der Waals surface area contributed by atoms with Crippen LogP contribution >= 0.6 is 0 Å². The molecule has 0 aliphatic heterocycles. The average Bonchev–Trinajstić information content (AvgIpc) is 3.47. The van der Waals surface area contributed by atoms with E-state index in [-0.39, 0.29) is 39.9 Å². The van der Waals surface area contributed by atoms with E-state index in [2.05, 4.69) is 13.8 Å². The molecule has 9 heteroatoms. The fraction of sp³-hybridized carbons (Fsp3) is 0.277. The Morgan fingerprint density at radius 2 is 0.750 bits per heavy atom. The Hall–Kier alpha value is -6.22. The molecule has 10 aromatic rings. The zero-order chi connectivity index (χ0) is 39.2. The monoisotopic (exact) mass is 741 g/mol. The van der Waals surface area contributed by atoms with Gasteiger partial charge in [-0.3, -0.25) is 37.9 Å². The van der Waals surface area contributed by atoms with Crippen LogP contribution in [-0.4, -0.2) is 13.7 Å². The normalized spacial score (nSPS) is 12.9. The van der Waals surface area contributed by atoms with Gasteiger partial charge in [0.25, 0.3) is 33.4 Å². The van der Waals surface area contributed by atoms with Crippen molar-refractivity contribution in [1.29, 1.82) is 0 Å². The third kappa shape index (κ3) is 4.00. The second-order valence-corrected chi connectivity index (χ2v) is 15.9. The number of aromatic nitrogens is 3. The third-order valence-corrected chi connectivity index (χ3v) is 13.0. The Morgan fingerprint density at radius 1 is 0.393 bits per heavy atom. The van der Waals surface area contributed by atoms with Gasteiger partial charge in [-0.1, -0.05) is 65.8 Å². The number of benzene rings is 7. The number of fused-ring (bicyclic) bond motifs is 4. The molecule has 0 spiro atoms. The van der Waals surface area contributed by atoms with Crippen molar-refractivity contribution in [3.8, 4) is 5.69 Å². The van der Waals surface area contributed by atoms with Crippen LogP contribution in [-0.2, 0) is 0 Å². The highest BCUT2D eigenvalue weighted by Crippen LogP contribution is 2.50. The summed E-state index contributed by atoms with van der Waals surface area (Å²) in [4.78, 5) is 87.8. The fourth-order valence-electron chi connectivity index (χ4n) is 10.1. The summed E-state index contributed by atoms with van der Waals surface area (Å²) in [7, 11) is 0. The van der Waals surface area contributed by atoms with Gasteiger partial charge in [0.05, 0.1) is 16.5 Å². The van der Waals surface area contributed by atoms with Gasteiger partial charge in [0.2, 0.25) is 0 Å². The molecule has 56 heavy (non-hydrogen) atoms. The Labute approximate surface area is 318 Å². The molecule has 278 valence electrons. The van der Waals surface area contributed by atoms with E-state index in [0.717, 1.165) is 16.3 Å². The van der Waals surface area contributed by atoms with E-state index in [0.29, 0.717) is 96.0 Å². The molecule has 0 fully saturated rings. The number of nitrogens with zero attached hydrogens (tertiary/aromatic N) is 3. The first-order valence-corrected chi connectivity index (χ1v) is 19.8. The van der Waals surface area contributed by atoms with Crippen molar-refractivity contribution in [3.05, 3.63) is 128 Å². The van der Waals surface area contributed by atoms with Gasteiger partial charge >= 0.3 is 0 Å². The van der Waals surface area contributed by atoms with E-state index in [4.69, 9.17) is 0 Å². The highest BCUT2D eigenvalue weighted by atomic mass is 16.2. The van der Waals surface area contributed by atoms with Gasteiger partial charge < -0.3 is 0 Å². The van der Waals surface area contributed by atoms with Crippen molar-refractivity contribution in [2.24, 2.45) is 0 Å². The second-order valence-electron chi connectivity index (χ2n) is 15.9. The average molecular weight is 742 g/mol. The molecule has 0 aliphatic rings. The Kier molecular flexibility index (Phi) is 7.13. The molecule has 0 saturated carbocycles. The van der Waals surface area contributed by atoms with E-state index in [1.807, 2.05) is 52.0 Å². The molecule has 7 aromatic carbocycles. The van der Waals surface area contributed by atoms with Gasteiger partial charge in [0, 0.05) is 44.4 Å². The topological polar surface area (TPSA) is 117 Å². The largest absolute Gasteiger partial charge is 0.271 e. The molecular weight excluding hydrogens is 703 g/mol. The Morgan fingerprint density at radius 3 is 1.12 bits per heavy atom. The van der Waals surface area contributed by atoms with Crippen LogP contribution in [0.1, 0.15) is 90.8 Å². The Bertz CT molecular complexity index is 3410. The summed E-state index contributed by atoms with van der Waals surface area (Å²) in [6, 6.07) is 17.4. The fourth-order valence-corrected chi connectivity index (χ4v) is 10.1. The summed E-state index contributed by atoms with van der Waals surface area (Å²) in [6.45, 7) is 11.9. The molecule has 0 saturated heterocycles. The maximum Gasteiger partial charge on any atom is 0.266 e. The maximum absolute atomic E-state index is 15.0. The number of rotatable bonds is 8. The summed E-state index contributed by atoms with van der Waals surface area (Å²) < 4.78 is 3.89. The lowest BCUT2D eigenvalue weighted by molar-refractivity contribution is 0.451. The molecule has 10 rings (SSSR count). The van der Waals surface area contributed by atoms with Crippen LogP contribution in [0, 0.1) is 0 Å². The van der Waals surface area contributed by atoms with Crippen molar-refractivity contribution in [2.45, 2.75) is 85.2 Å². The van der Waals surface area contributed by atoms with Crippen molar-refractivity contribution in [2.75, 3.05) is 0 Å². The van der Waals surface area contributed by atoms with E-state index in [9.17, 15) is 28.8 Å². The standard InChI is InChI=1S/C47H39N3O6/c1-7-23(8-2)48-42(51)28-17-15-26-27-16-18-29-35-33(45(54)49(43(29)52)24(9-3)10-4)20-31-39(37(27)35)38-30(19-32(44(48)53)34(28)36(26)38)40-41(31)47(56)50(46(40)55)25-13-11-22(12-14-25)21(5)6/h11-21,23-24H,7-10H2,1-6H3. The molecule has 3 aromatic heterocycles. The first kappa shape index (κ1) is 34.3. The molecule has 0 N–H and O–H groups in total. The van der Waals surface area contributed by atoms with Crippen LogP contribution in [0.2, 0.25) is 0 Å². The minimum atomic E-state index is -0.530. The lowest BCUT2D eigenvalue weighted by Crippen LogP contribution is -2.36. The summed E-state index contributed by atoms with van der Waals surface area (Å²) >= 11 is 0. The summed E-state index contributed by atoms with van der Waals surface area (Å²) in [5.41, 5.74) is -1.19. The van der Waals surface area contributed by atoms with Gasteiger partial charge in [-0.2, -0.15) is 0 Å². The first-order valence-electron chi connectivity index (χ1n) is 19.8. The van der Waals surface area contributed by atoms with Crippen LogP contribution < -0.4 is 33.4 Å². The van der Waals surface area contributed by atoms with Crippen LogP contribution in [0.15, 0.2) is 89.4 Å². The van der Waals surface area contributed by atoms with Gasteiger partial charge in [-0.05, 0) is 117 Å². The minimum Gasteiger partial charge on any atom is -0.271 e.